The fourth-order valence-electron chi connectivity index (χ4n) is 8.04. The van der Waals surface area contributed by atoms with E-state index in [2.05, 4.69) is 226 Å². The first-order valence-corrected chi connectivity index (χ1v) is 18.1. The van der Waals surface area contributed by atoms with Crippen LogP contribution < -0.4 is 4.90 Å². The summed E-state index contributed by atoms with van der Waals surface area (Å²) in [4.78, 5) is 2.31. The third kappa shape index (κ3) is 5.13. The van der Waals surface area contributed by atoms with Gasteiger partial charge in [-0.2, -0.15) is 0 Å². The van der Waals surface area contributed by atoms with Crippen molar-refractivity contribution in [2.45, 2.75) is 0 Å². The average molecular weight is 678 g/mol. The molecule has 0 bridgehead atoms. The van der Waals surface area contributed by atoms with Crippen LogP contribution >= 0.6 is 0 Å². The van der Waals surface area contributed by atoms with E-state index in [4.69, 9.17) is 0 Å². The molecule has 0 atom stereocenters. The molecule has 10 rings (SSSR count). The molecule has 0 N–H and O–H groups in total. The Kier molecular flexibility index (Phi) is 7.47. The lowest BCUT2D eigenvalue weighted by Gasteiger charge is -2.25. The second-order valence-corrected chi connectivity index (χ2v) is 13.4. The van der Waals surface area contributed by atoms with Gasteiger partial charge in [-0.25, -0.2) is 0 Å². The van der Waals surface area contributed by atoms with Crippen molar-refractivity contribution in [1.82, 2.24) is 9.13 Å². The quantitative estimate of drug-likeness (QED) is 0.164. The lowest BCUT2D eigenvalue weighted by Crippen LogP contribution is -2.09. The third-order valence-electron chi connectivity index (χ3n) is 10.3. The van der Waals surface area contributed by atoms with Gasteiger partial charge >= 0.3 is 0 Å². The van der Waals surface area contributed by atoms with Gasteiger partial charge in [0.25, 0.3) is 0 Å². The monoisotopic (exact) mass is 677 g/mol. The zero-order valence-electron chi connectivity index (χ0n) is 29.0. The summed E-state index contributed by atoms with van der Waals surface area (Å²) in [6, 6.07) is 76.2. The van der Waals surface area contributed by atoms with Crippen LogP contribution in [0.15, 0.2) is 212 Å². The highest BCUT2D eigenvalue weighted by molar-refractivity contribution is 6.22. The van der Waals surface area contributed by atoms with Gasteiger partial charge in [0, 0.05) is 50.2 Å². The van der Waals surface area contributed by atoms with Crippen LogP contribution in [0.3, 0.4) is 0 Å². The molecule has 53 heavy (non-hydrogen) atoms. The maximum atomic E-state index is 2.49. The van der Waals surface area contributed by atoms with Crippen molar-refractivity contribution in [3.8, 4) is 33.8 Å². The molecule has 0 aliphatic heterocycles. The topological polar surface area (TPSA) is 13.1 Å². The molecule has 8 aromatic carbocycles. The van der Waals surface area contributed by atoms with Crippen LogP contribution in [0.5, 0.6) is 0 Å². The number of aromatic nitrogens is 2. The SMILES string of the molecule is c1ccc(-c2c(-c3ccccc3)n(-c3ccccc3)c3c2ccc2c4ccccc4n(-c4ccc(N(c5ccccc5)c5ccccc5)cc4)c23)cc1. The van der Waals surface area contributed by atoms with Crippen LogP contribution in [0.2, 0.25) is 0 Å². The normalized spacial score (nSPS) is 11.4. The smallest absolute Gasteiger partial charge is 0.0789 e. The molecule has 0 saturated heterocycles. The summed E-state index contributed by atoms with van der Waals surface area (Å²) in [6.45, 7) is 0. The Labute approximate surface area is 308 Å². The molecule has 0 aliphatic rings. The van der Waals surface area contributed by atoms with Gasteiger partial charge in [0.1, 0.15) is 0 Å². The van der Waals surface area contributed by atoms with Gasteiger partial charge in [-0.15, -0.1) is 0 Å². The highest BCUT2D eigenvalue weighted by Crippen LogP contribution is 2.47. The molecule has 2 aromatic heterocycles. The molecule has 0 saturated carbocycles. The van der Waals surface area contributed by atoms with Gasteiger partial charge in [0.05, 0.1) is 22.2 Å². The number of hydrogen-bond donors (Lipinski definition) is 0. The number of hydrogen-bond acceptors (Lipinski definition) is 1. The van der Waals surface area contributed by atoms with Crippen LogP contribution in [0.25, 0.3) is 66.5 Å². The molecule has 250 valence electrons. The predicted octanol–water partition coefficient (Wildman–Crippen LogP) is 13.5. The summed E-state index contributed by atoms with van der Waals surface area (Å²) in [6.07, 6.45) is 0. The van der Waals surface area contributed by atoms with Crippen LogP contribution in [0.1, 0.15) is 0 Å². The molecular weight excluding hydrogens is 643 g/mol. The summed E-state index contributed by atoms with van der Waals surface area (Å²) in [5, 5.41) is 3.67. The Hall–Kier alpha value is -7.10. The summed E-state index contributed by atoms with van der Waals surface area (Å²) in [5.41, 5.74) is 13.9. The van der Waals surface area contributed by atoms with Crippen LogP contribution in [0, 0.1) is 0 Å². The Balaban J connectivity index is 1.30. The fourth-order valence-corrected chi connectivity index (χ4v) is 8.04. The minimum absolute atomic E-state index is 1.10. The van der Waals surface area contributed by atoms with E-state index in [0.717, 1.165) is 28.4 Å². The largest absolute Gasteiger partial charge is 0.311 e. The van der Waals surface area contributed by atoms with Crippen molar-refractivity contribution in [2.24, 2.45) is 0 Å². The molecule has 10 aromatic rings. The summed E-state index contributed by atoms with van der Waals surface area (Å²) in [7, 11) is 0. The molecule has 2 heterocycles. The lowest BCUT2D eigenvalue weighted by molar-refractivity contribution is 1.12. The first kappa shape index (κ1) is 30.7. The van der Waals surface area contributed by atoms with E-state index in [0.29, 0.717) is 0 Å². The predicted molar refractivity (Wildman–Crippen MR) is 223 cm³/mol. The van der Waals surface area contributed by atoms with Crippen molar-refractivity contribution in [1.29, 1.82) is 0 Å². The van der Waals surface area contributed by atoms with E-state index in [-0.39, 0.29) is 0 Å². The zero-order chi connectivity index (χ0) is 35.1. The molecule has 0 fully saturated rings. The molecule has 0 amide bonds. The first-order valence-electron chi connectivity index (χ1n) is 18.1. The van der Waals surface area contributed by atoms with Gasteiger partial charge in [0.2, 0.25) is 0 Å². The lowest BCUT2D eigenvalue weighted by atomic mass is 9.98. The second kappa shape index (κ2) is 12.9. The van der Waals surface area contributed by atoms with Crippen molar-refractivity contribution in [3.05, 3.63) is 212 Å². The molecular formula is C50H35N3. The van der Waals surface area contributed by atoms with Crippen molar-refractivity contribution in [2.75, 3.05) is 4.90 Å². The minimum atomic E-state index is 1.10. The number of nitrogens with zero attached hydrogens (tertiary/aromatic N) is 3. The summed E-state index contributed by atoms with van der Waals surface area (Å²) >= 11 is 0. The Bertz CT molecular complexity index is 2800. The first-order chi connectivity index (χ1) is 26.3. The summed E-state index contributed by atoms with van der Waals surface area (Å²) in [5.74, 6) is 0. The van der Waals surface area contributed by atoms with Gasteiger partial charge in [-0.3, -0.25) is 0 Å². The van der Waals surface area contributed by atoms with Gasteiger partial charge in [-0.05, 0) is 77.9 Å². The Morgan fingerprint density at radius 1 is 0.302 bits per heavy atom. The fraction of sp³-hybridized carbons (Fsp3) is 0. The van der Waals surface area contributed by atoms with Crippen molar-refractivity contribution >= 4 is 49.8 Å². The zero-order valence-corrected chi connectivity index (χ0v) is 29.0. The van der Waals surface area contributed by atoms with E-state index in [1.54, 1.807) is 0 Å². The highest BCUT2D eigenvalue weighted by atomic mass is 15.1. The van der Waals surface area contributed by atoms with E-state index in [9.17, 15) is 0 Å². The number of para-hydroxylation sites is 4. The maximum Gasteiger partial charge on any atom is 0.0789 e. The number of benzene rings is 8. The number of fused-ring (bicyclic) bond motifs is 5. The molecule has 0 radical (unpaired) electrons. The molecule has 0 aliphatic carbocycles. The van der Waals surface area contributed by atoms with Crippen LogP contribution in [-0.4, -0.2) is 9.13 Å². The van der Waals surface area contributed by atoms with Crippen LogP contribution in [0.4, 0.5) is 17.1 Å². The number of anilines is 3. The maximum absolute atomic E-state index is 2.49. The highest BCUT2D eigenvalue weighted by Gasteiger charge is 2.26. The van der Waals surface area contributed by atoms with Gasteiger partial charge < -0.3 is 14.0 Å². The molecule has 0 spiro atoms. The minimum Gasteiger partial charge on any atom is -0.311 e. The van der Waals surface area contributed by atoms with E-state index >= 15 is 0 Å². The summed E-state index contributed by atoms with van der Waals surface area (Å²) < 4.78 is 4.96. The van der Waals surface area contributed by atoms with Crippen molar-refractivity contribution < 1.29 is 0 Å². The standard InChI is InChI=1S/C50H35N3/c1-6-18-36(19-7-1)47-45-35-34-44-43-28-16-17-29-46(43)52(49(44)50(45)53(40-26-14-5-15-27-40)48(47)37-20-8-2-9-21-37)42-32-30-41(31-33-42)51(38-22-10-3-11-23-38)39-24-12-4-13-25-39/h1-35H. The Morgan fingerprint density at radius 2 is 0.755 bits per heavy atom. The third-order valence-corrected chi connectivity index (χ3v) is 10.3. The van der Waals surface area contributed by atoms with Crippen molar-refractivity contribution in [3.63, 3.8) is 0 Å². The van der Waals surface area contributed by atoms with Crippen LogP contribution in [-0.2, 0) is 0 Å². The van der Waals surface area contributed by atoms with E-state index in [1.807, 2.05) is 0 Å². The Morgan fingerprint density at radius 3 is 1.38 bits per heavy atom. The van der Waals surface area contributed by atoms with Gasteiger partial charge in [0.15, 0.2) is 0 Å². The molecule has 3 nitrogen and oxygen atoms in total. The van der Waals surface area contributed by atoms with Gasteiger partial charge in [-0.1, -0.05) is 146 Å². The average Bonchev–Trinajstić information content (AvgIpc) is 3.77. The molecule has 0 unspecified atom stereocenters. The second-order valence-electron chi connectivity index (χ2n) is 13.4. The number of rotatable bonds is 7. The molecule has 3 heteroatoms. The van der Waals surface area contributed by atoms with E-state index < -0.39 is 0 Å². The van der Waals surface area contributed by atoms with E-state index in [1.165, 1.54) is 55.1 Å².